The van der Waals surface area contributed by atoms with E-state index < -0.39 is 6.03 Å². The van der Waals surface area contributed by atoms with E-state index in [9.17, 15) is 14.4 Å². The Morgan fingerprint density at radius 1 is 1.21 bits per heavy atom. The Hall–Kier alpha value is -2.35. The average molecular weight is 336 g/mol. The molecule has 2 N–H and O–H groups in total. The van der Waals surface area contributed by atoms with Crippen molar-refractivity contribution in [1.82, 2.24) is 20.4 Å². The zero-order valence-electron chi connectivity index (χ0n) is 13.9. The predicted molar refractivity (Wildman–Crippen MR) is 87.5 cm³/mol. The van der Waals surface area contributed by atoms with Gasteiger partial charge in [0.25, 0.3) is 5.91 Å². The molecule has 0 atom stereocenters. The second kappa shape index (κ2) is 9.07. The Bertz CT molecular complexity index is 550. The first kappa shape index (κ1) is 18.0. The molecule has 1 aliphatic heterocycles. The van der Waals surface area contributed by atoms with Gasteiger partial charge in [-0.25, -0.2) is 4.79 Å². The molecule has 8 nitrogen and oxygen atoms in total. The van der Waals surface area contributed by atoms with Gasteiger partial charge in [0.1, 0.15) is 0 Å². The summed E-state index contributed by atoms with van der Waals surface area (Å²) in [4.78, 5) is 39.1. The number of urea groups is 1. The monoisotopic (exact) mass is 336 g/mol. The van der Waals surface area contributed by atoms with Crippen LogP contribution >= 0.6 is 0 Å². The van der Waals surface area contributed by atoms with Crippen LogP contribution in [0.5, 0.6) is 0 Å². The number of amides is 4. The first-order chi connectivity index (χ1) is 11.6. The Labute approximate surface area is 141 Å². The fraction of sp³-hybridized carbons (Fsp3) is 0.562. The summed E-state index contributed by atoms with van der Waals surface area (Å²) in [5.41, 5.74) is 0. The van der Waals surface area contributed by atoms with Crippen LogP contribution in [0.2, 0.25) is 0 Å². The van der Waals surface area contributed by atoms with Crippen LogP contribution in [0, 0.1) is 0 Å². The van der Waals surface area contributed by atoms with Gasteiger partial charge in [-0.05, 0) is 18.6 Å². The number of unbranched alkanes of at least 4 members (excludes halogenated alkanes) is 1. The zero-order valence-corrected chi connectivity index (χ0v) is 13.9. The molecule has 24 heavy (non-hydrogen) atoms. The van der Waals surface area contributed by atoms with Crippen LogP contribution in [0.1, 0.15) is 30.3 Å². The quantitative estimate of drug-likeness (QED) is 0.744. The van der Waals surface area contributed by atoms with Gasteiger partial charge in [-0.1, -0.05) is 13.3 Å². The molecule has 1 aliphatic rings. The molecule has 0 unspecified atom stereocenters. The van der Waals surface area contributed by atoms with Crippen molar-refractivity contribution in [2.75, 3.05) is 39.3 Å². The number of hydrogen-bond acceptors (Lipinski definition) is 5. The van der Waals surface area contributed by atoms with Crippen LogP contribution in [0.3, 0.4) is 0 Å². The molecule has 8 heteroatoms. The molecular formula is C16H24N4O4. The highest BCUT2D eigenvalue weighted by molar-refractivity contribution is 5.95. The van der Waals surface area contributed by atoms with Gasteiger partial charge >= 0.3 is 6.03 Å². The number of piperazine rings is 1. The Kier molecular flexibility index (Phi) is 6.80. The van der Waals surface area contributed by atoms with Gasteiger partial charge in [0, 0.05) is 32.7 Å². The van der Waals surface area contributed by atoms with E-state index in [1.807, 2.05) is 11.8 Å². The molecule has 0 aliphatic carbocycles. The first-order valence-corrected chi connectivity index (χ1v) is 8.23. The molecule has 4 amide bonds. The van der Waals surface area contributed by atoms with Crippen molar-refractivity contribution >= 4 is 17.8 Å². The third kappa shape index (κ3) is 5.38. The van der Waals surface area contributed by atoms with Gasteiger partial charge in [0.15, 0.2) is 5.76 Å². The van der Waals surface area contributed by atoms with Crippen molar-refractivity contribution in [2.24, 2.45) is 0 Å². The van der Waals surface area contributed by atoms with Gasteiger partial charge in [-0.3, -0.25) is 19.8 Å². The van der Waals surface area contributed by atoms with E-state index in [4.69, 9.17) is 4.42 Å². The SMILES string of the molecule is CCCCNC(=O)NC(=O)CN1CCN(C(=O)c2ccco2)CC1. The number of nitrogens with one attached hydrogen (secondary N) is 2. The van der Waals surface area contributed by atoms with Gasteiger partial charge in [-0.2, -0.15) is 0 Å². The van der Waals surface area contributed by atoms with Crippen molar-refractivity contribution in [3.8, 4) is 0 Å². The molecule has 0 saturated carbocycles. The molecule has 0 radical (unpaired) electrons. The molecule has 132 valence electrons. The number of carbonyl (C=O) groups is 3. The van der Waals surface area contributed by atoms with E-state index in [0.29, 0.717) is 38.5 Å². The normalized spacial score (nSPS) is 15.1. The highest BCUT2D eigenvalue weighted by Crippen LogP contribution is 2.09. The fourth-order valence-corrected chi connectivity index (χ4v) is 2.46. The minimum Gasteiger partial charge on any atom is -0.459 e. The van der Waals surface area contributed by atoms with Crippen molar-refractivity contribution < 1.29 is 18.8 Å². The number of imide groups is 1. The van der Waals surface area contributed by atoms with Crippen LogP contribution in [0.25, 0.3) is 0 Å². The first-order valence-electron chi connectivity index (χ1n) is 8.23. The summed E-state index contributed by atoms with van der Waals surface area (Å²) in [5, 5.41) is 4.95. The molecule has 1 saturated heterocycles. The maximum atomic E-state index is 12.1. The van der Waals surface area contributed by atoms with Crippen LogP contribution in [-0.4, -0.2) is 66.9 Å². The highest BCUT2D eigenvalue weighted by Gasteiger charge is 2.24. The lowest BCUT2D eigenvalue weighted by atomic mass is 10.3. The molecule has 0 aromatic carbocycles. The molecule has 1 aromatic rings. The second-order valence-corrected chi connectivity index (χ2v) is 5.70. The van der Waals surface area contributed by atoms with E-state index in [1.54, 1.807) is 17.0 Å². The van der Waals surface area contributed by atoms with E-state index >= 15 is 0 Å². The van der Waals surface area contributed by atoms with Crippen molar-refractivity contribution in [1.29, 1.82) is 0 Å². The average Bonchev–Trinajstić information content (AvgIpc) is 3.09. The summed E-state index contributed by atoms with van der Waals surface area (Å²) < 4.78 is 5.11. The summed E-state index contributed by atoms with van der Waals surface area (Å²) in [6, 6.07) is 2.86. The van der Waals surface area contributed by atoms with Gasteiger partial charge in [0.2, 0.25) is 5.91 Å². The Morgan fingerprint density at radius 3 is 2.58 bits per heavy atom. The third-order valence-corrected chi connectivity index (χ3v) is 3.83. The van der Waals surface area contributed by atoms with Crippen molar-refractivity contribution in [2.45, 2.75) is 19.8 Å². The summed E-state index contributed by atoms with van der Waals surface area (Å²) in [6.07, 6.45) is 3.34. The topological polar surface area (TPSA) is 94.9 Å². The molecular weight excluding hydrogens is 312 g/mol. The number of hydrogen-bond donors (Lipinski definition) is 2. The Morgan fingerprint density at radius 2 is 1.96 bits per heavy atom. The maximum absolute atomic E-state index is 12.1. The lowest BCUT2D eigenvalue weighted by Crippen LogP contribution is -2.52. The summed E-state index contributed by atoms with van der Waals surface area (Å²) in [5.74, 6) is -0.154. The molecule has 2 heterocycles. The molecule has 0 bridgehead atoms. The standard InChI is InChI=1S/C16H24N4O4/c1-2-3-6-17-16(23)18-14(21)12-19-7-9-20(10-8-19)15(22)13-5-4-11-24-13/h4-5,11H,2-3,6-10,12H2,1H3,(H2,17,18,21,23). The lowest BCUT2D eigenvalue weighted by molar-refractivity contribution is -0.121. The van der Waals surface area contributed by atoms with Crippen LogP contribution in [0.4, 0.5) is 4.79 Å². The minimum atomic E-state index is -0.458. The second-order valence-electron chi connectivity index (χ2n) is 5.70. The summed E-state index contributed by atoms with van der Waals surface area (Å²) >= 11 is 0. The van der Waals surface area contributed by atoms with Crippen molar-refractivity contribution in [3.63, 3.8) is 0 Å². The Balaban J connectivity index is 1.68. The largest absolute Gasteiger partial charge is 0.459 e. The van der Waals surface area contributed by atoms with Crippen molar-refractivity contribution in [3.05, 3.63) is 24.2 Å². The molecule has 1 aromatic heterocycles. The smallest absolute Gasteiger partial charge is 0.321 e. The summed E-state index contributed by atoms with van der Waals surface area (Å²) in [6.45, 7) is 4.94. The zero-order chi connectivity index (χ0) is 17.4. The maximum Gasteiger partial charge on any atom is 0.321 e. The predicted octanol–water partition coefficient (Wildman–Crippen LogP) is 0.663. The fourth-order valence-electron chi connectivity index (χ4n) is 2.46. The highest BCUT2D eigenvalue weighted by atomic mass is 16.3. The lowest BCUT2D eigenvalue weighted by Gasteiger charge is -2.33. The van der Waals surface area contributed by atoms with E-state index in [0.717, 1.165) is 12.8 Å². The molecule has 2 rings (SSSR count). The minimum absolute atomic E-state index is 0.139. The number of nitrogens with zero attached hydrogens (tertiary/aromatic N) is 2. The summed E-state index contributed by atoms with van der Waals surface area (Å²) in [7, 11) is 0. The van der Waals surface area contributed by atoms with E-state index in [-0.39, 0.29) is 18.4 Å². The third-order valence-electron chi connectivity index (χ3n) is 3.83. The van der Waals surface area contributed by atoms with E-state index in [2.05, 4.69) is 10.6 Å². The van der Waals surface area contributed by atoms with Crippen LogP contribution in [0.15, 0.2) is 22.8 Å². The van der Waals surface area contributed by atoms with Crippen LogP contribution in [-0.2, 0) is 4.79 Å². The number of carbonyl (C=O) groups excluding carboxylic acids is 3. The molecule has 1 fully saturated rings. The van der Waals surface area contributed by atoms with E-state index in [1.165, 1.54) is 6.26 Å². The molecule has 0 spiro atoms. The van der Waals surface area contributed by atoms with Gasteiger partial charge in [-0.15, -0.1) is 0 Å². The van der Waals surface area contributed by atoms with Gasteiger partial charge in [0.05, 0.1) is 12.8 Å². The van der Waals surface area contributed by atoms with Gasteiger partial charge < -0.3 is 14.6 Å². The number of rotatable bonds is 6. The van der Waals surface area contributed by atoms with Crippen LogP contribution < -0.4 is 10.6 Å². The number of furan rings is 1.